The van der Waals surface area contributed by atoms with Gasteiger partial charge in [0.25, 0.3) is 20.2 Å². The predicted octanol–water partition coefficient (Wildman–Crippen LogP) is -0.664. The molecule has 0 aliphatic carbocycles. The molecule has 2 fully saturated rings. The Morgan fingerprint density at radius 2 is 1.16 bits per heavy atom. The van der Waals surface area contributed by atoms with Crippen molar-refractivity contribution >= 4 is 32.2 Å². The summed E-state index contributed by atoms with van der Waals surface area (Å²) >= 11 is 0. The molecule has 0 aromatic rings. The van der Waals surface area contributed by atoms with Crippen LogP contribution in [0.1, 0.15) is 27.7 Å². The van der Waals surface area contributed by atoms with Crippen LogP contribution in [0.4, 0.5) is 0 Å². The van der Waals surface area contributed by atoms with Crippen molar-refractivity contribution in [2.24, 2.45) is 5.41 Å². The van der Waals surface area contributed by atoms with Crippen LogP contribution < -0.4 is 0 Å². The Morgan fingerprint density at radius 3 is 1.40 bits per heavy atom. The molecule has 2 rings (SSSR count). The van der Waals surface area contributed by atoms with Crippen LogP contribution in [0.15, 0.2) is 0 Å². The van der Waals surface area contributed by atoms with E-state index in [0.29, 0.717) is 0 Å². The van der Waals surface area contributed by atoms with Gasteiger partial charge in [-0.2, -0.15) is 16.8 Å². The van der Waals surface area contributed by atoms with Gasteiger partial charge < -0.3 is 9.47 Å². The lowest BCUT2D eigenvalue weighted by atomic mass is 9.93. The number of ether oxygens (including phenoxy) is 2. The Hall–Kier alpha value is -1.24. The van der Waals surface area contributed by atoms with Crippen LogP contribution in [-0.2, 0) is 47.7 Å². The van der Waals surface area contributed by atoms with Gasteiger partial charge in [0, 0.05) is 0 Å². The molecule has 2 unspecified atom stereocenters. The lowest BCUT2D eigenvalue weighted by Gasteiger charge is -2.30. The zero-order valence-corrected chi connectivity index (χ0v) is 15.9. The van der Waals surface area contributed by atoms with Gasteiger partial charge in [-0.3, -0.25) is 18.0 Å². The van der Waals surface area contributed by atoms with Gasteiger partial charge in [-0.15, -0.1) is 0 Å². The number of rotatable bonds is 4. The van der Waals surface area contributed by atoms with Crippen LogP contribution in [0.3, 0.4) is 0 Å². The van der Waals surface area contributed by atoms with Crippen molar-refractivity contribution in [2.45, 2.75) is 38.9 Å². The van der Waals surface area contributed by atoms with Gasteiger partial charge in [-0.1, -0.05) is 0 Å². The van der Waals surface area contributed by atoms with Crippen molar-refractivity contribution < 1.29 is 44.3 Å². The maximum atomic E-state index is 12.4. The van der Waals surface area contributed by atoms with Crippen LogP contribution in [-0.4, -0.2) is 64.7 Å². The first-order chi connectivity index (χ1) is 11.1. The molecule has 2 heterocycles. The average molecular weight is 400 g/mol. The summed E-state index contributed by atoms with van der Waals surface area (Å²) in [5.41, 5.74) is -4.63. The van der Waals surface area contributed by atoms with Gasteiger partial charge in [-0.05, 0) is 27.7 Å². The summed E-state index contributed by atoms with van der Waals surface area (Å²) in [7, 11) is -7.57. The molecule has 0 amide bonds. The maximum absolute atomic E-state index is 12.4. The van der Waals surface area contributed by atoms with E-state index >= 15 is 0 Å². The van der Waals surface area contributed by atoms with Gasteiger partial charge in [0.2, 0.25) is 0 Å². The van der Waals surface area contributed by atoms with Gasteiger partial charge in [0.05, 0.1) is 0 Å². The first-order valence-corrected chi connectivity index (χ1v) is 10.4. The van der Waals surface area contributed by atoms with Crippen LogP contribution in [0, 0.1) is 5.41 Å². The fourth-order valence-electron chi connectivity index (χ4n) is 2.25. The molecule has 0 radical (unpaired) electrons. The normalized spacial score (nSPS) is 33.8. The zero-order valence-electron chi connectivity index (χ0n) is 14.2. The van der Waals surface area contributed by atoms with Gasteiger partial charge in [0.1, 0.15) is 24.7 Å². The SMILES string of the molecule is CC1(OC(=O)C(C)(C)C(=O)OC2(C)COS(=O)(=O)C2)COS(=O)(=O)C1. The predicted molar refractivity (Wildman–Crippen MR) is 82.3 cm³/mol. The van der Waals surface area contributed by atoms with Crippen molar-refractivity contribution in [2.75, 3.05) is 24.7 Å². The van der Waals surface area contributed by atoms with Crippen molar-refractivity contribution in [1.29, 1.82) is 0 Å². The maximum Gasteiger partial charge on any atom is 0.323 e. The largest absolute Gasteiger partial charge is 0.455 e. The molecule has 0 N–H and O–H groups in total. The van der Waals surface area contributed by atoms with E-state index in [1.165, 1.54) is 27.7 Å². The van der Waals surface area contributed by atoms with Gasteiger partial charge >= 0.3 is 11.9 Å². The molecular formula is C13H20O10S2. The third-order valence-electron chi connectivity index (χ3n) is 3.75. The Bertz CT molecular complexity index is 731. The number of hydrogen-bond acceptors (Lipinski definition) is 10. The van der Waals surface area contributed by atoms with Crippen LogP contribution >= 0.6 is 0 Å². The first kappa shape index (κ1) is 20.1. The standard InChI is InChI=1S/C13H20O10S2/c1-11(2,9(14)22-12(3)5-20-24(16,17)7-12)10(15)23-13(4)6-21-25(18,19)8-13/h5-8H2,1-4H3. The van der Waals surface area contributed by atoms with Crippen molar-refractivity contribution in [3.8, 4) is 0 Å². The van der Waals surface area contributed by atoms with E-state index in [-0.39, 0.29) is 13.2 Å². The summed E-state index contributed by atoms with van der Waals surface area (Å²) < 4.78 is 64.9. The number of carbonyl (C=O) groups excluding carboxylic acids is 2. The third kappa shape index (κ3) is 4.49. The molecular weight excluding hydrogens is 380 g/mol. The monoisotopic (exact) mass is 400 g/mol. The molecule has 144 valence electrons. The highest BCUT2D eigenvalue weighted by Gasteiger charge is 2.51. The zero-order chi connectivity index (χ0) is 19.3. The lowest BCUT2D eigenvalue weighted by molar-refractivity contribution is -0.184. The topological polar surface area (TPSA) is 139 Å². The first-order valence-electron chi connectivity index (χ1n) is 7.29. The second kappa shape index (κ2) is 5.89. The fraction of sp³-hybridized carbons (Fsp3) is 0.846. The summed E-state index contributed by atoms with van der Waals surface area (Å²) in [6.07, 6.45) is 0. The van der Waals surface area contributed by atoms with E-state index in [0.717, 1.165) is 0 Å². The molecule has 0 aromatic heterocycles. The molecule has 2 aliphatic heterocycles. The summed E-state index contributed by atoms with van der Waals surface area (Å²) in [5.74, 6) is -3.07. The Kier molecular flexibility index (Phi) is 4.73. The van der Waals surface area contributed by atoms with Crippen molar-refractivity contribution in [1.82, 2.24) is 0 Å². The Balaban J connectivity index is 2.07. The Labute approximate surface area is 146 Å². The number of esters is 2. The molecule has 0 spiro atoms. The molecule has 12 heteroatoms. The molecule has 0 bridgehead atoms. The molecule has 2 aliphatic rings. The van der Waals surface area contributed by atoms with E-state index in [2.05, 4.69) is 8.37 Å². The minimum atomic E-state index is -3.78. The fourth-order valence-corrected chi connectivity index (χ4v) is 5.05. The molecule has 0 saturated carbocycles. The van der Waals surface area contributed by atoms with Crippen LogP contribution in [0.25, 0.3) is 0 Å². The van der Waals surface area contributed by atoms with Crippen LogP contribution in [0.5, 0.6) is 0 Å². The molecule has 0 aromatic carbocycles. The number of carbonyl (C=O) groups is 2. The Morgan fingerprint density at radius 1 is 0.840 bits per heavy atom. The van der Waals surface area contributed by atoms with Crippen LogP contribution in [0.2, 0.25) is 0 Å². The summed E-state index contributed by atoms with van der Waals surface area (Å²) in [5, 5.41) is 0. The smallest absolute Gasteiger partial charge is 0.323 e. The minimum Gasteiger partial charge on any atom is -0.455 e. The lowest BCUT2D eigenvalue weighted by Crippen LogP contribution is -2.47. The summed E-state index contributed by atoms with van der Waals surface area (Å²) in [4.78, 5) is 24.7. The van der Waals surface area contributed by atoms with E-state index in [1.807, 2.05) is 0 Å². The van der Waals surface area contributed by atoms with Gasteiger partial charge in [0.15, 0.2) is 16.6 Å². The minimum absolute atomic E-state index is 0.351. The van der Waals surface area contributed by atoms with Gasteiger partial charge in [-0.25, -0.2) is 0 Å². The second-order valence-corrected chi connectivity index (χ2v) is 10.5. The molecule has 25 heavy (non-hydrogen) atoms. The highest BCUT2D eigenvalue weighted by molar-refractivity contribution is 7.87. The second-order valence-electron chi connectivity index (χ2n) is 7.23. The molecule has 10 nitrogen and oxygen atoms in total. The van der Waals surface area contributed by atoms with E-state index < -0.39 is 60.3 Å². The average Bonchev–Trinajstić information content (AvgIpc) is 2.84. The summed E-state index contributed by atoms with van der Waals surface area (Å²) in [6.45, 7) is 4.51. The molecule has 2 atom stereocenters. The number of hydrogen-bond donors (Lipinski definition) is 0. The highest BCUT2D eigenvalue weighted by Crippen LogP contribution is 2.31. The van der Waals surface area contributed by atoms with E-state index in [4.69, 9.17) is 9.47 Å². The van der Waals surface area contributed by atoms with Crippen molar-refractivity contribution in [3.05, 3.63) is 0 Å². The quantitative estimate of drug-likeness (QED) is 0.339. The van der Waals surface area contributed by atoms with E-state index in [1.54, 1.807) is 0 Å². The van der Waals surface area contributed by atoms with Crippen molar-refractivity contribution in [3.63, 3.8) is 0 Å². The third-order valence-corrected chi connectivity index (χ3v) is 6.63. The molecule has 2 saturated heterocycles. The van der Waals surface area contributed by atoms with E-state index in [9.17, 15) is 26.4 Å². The highest BCUT2D eigenvalue weighted by atomic mass is 32.2. The summed E-state index contributed by atoms with van der Waals surface area (Å²) in [6, 6.07) is 0.